The number of amides is 1. The van der Waals surface area contributed by atoms with Gasteiger partial charge in [0.25, 0.3) is 5.91 Å². The SMILES string of the molecule is COc1ccc2c3c(c(=O)oc2c1)[C@H](c1ccc(Cl)cc1)[C@@]1(O3)C(=O)N(c2ccccc2)N=C1C. The highest BCUT2D eigenvalue weighted by molar-refractivity contribution is 6.30. The van der Waals surface area contributed by atoms with Gasteiger partial charge in [-0.25, -0.2) is 4.79 Å². The largest absolute Gasteiger partial charge is 0.497 e. The smallest absolute Gasteiger partial charge is 0.344 e. The lowest BCUT2D eigenvalue weighted by Crippen LogP contribution is -2.53. The number of anilines is 1. The van der Waals surface area contributed by atoms with Crippen LogP contribution in [0.4, 0.5) is 5.69 Å². The molecular weight excluding hydrogens is 468 g/mol. The molecule has 0 aliphatic carbocycles. The van der Waals surface area contributed by atoms with E-state index in [9.17, 15) is 9.59 Å². The fourth-order valence-electron chi connectivity index (χ4n) is 4.91. The number of carbonyl (C=O) groups excluding carboxylic acids is 1. The standard InChI is InChI=1S/C27H19ClN2O5/c1-15-27(26(32)30(29-15)18-6-4-3-5-7-18)23(16-8-10-17(28)11-9-16)22-24(35-27)20-13-12-19(33-2)14-21(20)34-25(22)31/h3-14,23H,1-2H3/t23-,27+/m0/s1. The van der Waals surface area contributed by atoms with Crippen molar-refractivity contribution in [3.63, 3.8) is 0 Å². The number of methoxy groups -OCH3 is 1. The summed E-state index contributed by atoms with van der Waals surface area (Å²) >= 11 is 6.15. The molecule has 2 aliphatic heterocycles. The van der Waals surface area contributed by atoms with Gasteiger partial charge in [-0.15, -0.1) is 0 Å². The third kappa shape index (κ3) is 3.01. The van der Waals surface area contributed by atoms with Gasteiger partial charge < -0.3 is 13.9 Å². The summed E-state index contributed by atoms with van der Waals surface area (Å²) in [5, 5.41) is 7.02. The number of benzene rings is 3. The molecular formula is C27H19ClN2O5. The molecule has 0 N–H and O–H groups in total. The predicted molar refractivity (Wildman–Crippen MR) is 133 cm³/mol. The monoisotopic (exact) mass is 486 g/mol. The van der Waals surface area contributed by atoms with Crippen LogP contribution in [0.3, 0.4) is 0 Å². The molecule has 1 aromatic heterocycles. The highest BCUT2D eigenvalue weighted by Gasteiger charge is 2.63. The van der Waals surface area contributed by atoms with Gasteiger partial charge in [-0.05, 0) is 48.9 Å². The van der Waals surface area contributed by atoms with Crippen LogP contribution in [0.1, 0.15) is 24.0 Å². The zero-order valence-corrected chi connectivity index (χ0v) is 19.6. The van der Waals surface area contributed by atoms with E-state index in [0.717, 1.165) is 0 Å². The van der Waals surface area contributed by atoms with Crippen LogP contribution >= 0.6 is 11.6 Å². The number of fused-ring (bicyclic) bond motifs is 3. The third-order valence-corrected chi connectivity index (χ3v) is 6.81. The van der Waals surface area contributed by atoms with Crippen molar-refractivity contribution < 1.29 is 18.7 Å². The van der Waals surface area contributed by atoms with Gasteiger partial charge in [-0.2, -0.15) is 10.1 Å². The summed E-state index contributed by atoms with van der Waals surface area (Å²) in [7, 11) is 1.53. The molecule has 1 spiro atoms. The molecule has 0 radical (unpaired) electrons. The molecule has 4 aromatic rings. The quantitative estimate of drug-likeness (QED) is 0.374. The Morgan fingerprint density at radius 1 is 1.03 bits per heavy atom. The maximum atomic E-state index is 14.1. The first kappa shape index (κ1) is 21.4. The molecule has 1 amide bonds. The Bertz CT molecular complexity index is 1580. The number of hydrogen-bond acceptors (Lipinski definition) is 6. The fourth-order valence-corrected chi connectivity index (χ4v) is 5.03. The molecule has 0 saturated carbocycles. The molecule has 174 valence electrons. The molecule has 6 rings (SSSR count). The van der Waals surface area contributed by atoms with Crippen molar-refractivity contribution in [2.75, 3.05) is 12.1 Å². The van der Waals surface area contributed by atoms with Gasteiger partial charge >= 0.3 is 5.63 Å². The van der Waals surface area contributed by atoms with Crippen molar-refractivity contribution in [1.29, 1.82) is 0 Å². The number of carbonyl (C=O) groups is 1. The normalized spacial score (nSPS) is 20.8. The van der Waals surface area contributed by atoms with Crippen molar-refractivity contribution in [3.8, 4) is 11.5 Å². The van der Waals surface area contributed by atoms with Crippen LogP contribution in [0, 0.1) is 0 Å². The van der Waals surface area contributed by atoms with Crippen LogP contribution in [-0.4, -0.2) is 24.3 Å². The Balaban J connectivity index is 1.62. The van der Waals surface area contributed by atoms with E-state index in [4.69, 9.17) is 25.5 Å². The molecule has 35 heavy (non-hydrogen) atoms. The number of para-hydroxylation sites is 1. The Hall–Kier alpha value is -4.10. The Kier molecular flexibility index (Phi) is 4.72. The van der Waals surface area contributed by atoms with Gasteiger partial charge in [-0.3, -0.25) is 4.79 Å². The van der Waals surface area contributed by atoms with Crippen molar-refractivity contribution in [2.45, 2.75) is 18.4 Å². The van der Waals surface area contributed by atoms with E-state index in [0.29, 0.717) is 44.5 Å². The van der Waals surface area contributed by atoms with Crippen LogP contribution in [-0.2, 0) is 4.79 Å². The Labute approximate surface area is 205 Å². The van der Waals surface area contributed by atoms with Crippen LogP contribution in [0.15, 0.2) is 87.1 Å². The van der Waals surface area contributed by atoms with Gasteiger partial charge in [-0.1, -0.05) is 41.9 Å². The summed E-state index contributed by atoms with van der Waals surface area (Å²) in [6.45, 7) is 1.74. The summed E-state index contributed by atoms with van der Waals surface area (Å²) in [5.41, 5.74) is 0.146. The lowest BCUT2D eigenvalue weighted by Gasteiger charge is -2.29. The lowest BCUT2D eigenvalue weighted by atomic mass is 9.76. The Morgan fingerprint density at radius 3 is 2.49 bits per heavy atom. The van der Waals surface area contributed by atoms with E-state index in [1.165, 1.54) is 12.1 Å². The lowest BCUT2D eigenvalue weighted by molar-refractivity contribution is -0.127. The minimum Gasteiger partial charge on any atom is -0.497 e. The number of hydrazone groups is 1. The van der Waals surface area contributed by atoms with Gasteiger partial charge in [0.15, 0.2) is 0 Å². The third-order valence-electron chi connectivity index (χ3n) is 6.56. The number of halogens is 1. The molecule has 0 fully saturated rings. The van der Waals surface area contributed by atoms with E-state index < -0.39 is 23.1 Å². The highest BCUT2D eigenvalue weighted by Crippen LogP contribution is 2.53. The summed E-state index contributed by atoms with van der Waals surface area (Å²) in [6, 6.07) is 21.3. The molecule has 2 aliphatic rings. The number of ether oxygens (including phenoxy) is 2. The average molecular weight is 487 g/mol. The predicted octanol–water partition coefficient (Wildman–Crippen LogP) is 5.14. The molecule has 7 nitrogen and oxygen atoms in total. The molecule has 3 heterocycles. The van der Waals surface area contributed by atoms with Gasteiger partial charge in [0.2, 0.25) is 5.60 Å². The summed E-state index contributed by atoms with van der Waals surface area (Å²) < 4.78 is 17.5. The molecule has 0 saturated heterocycles. The van der Waals surface area contributed by atoms with Crippen LogP contribution < -0.4 is 20.1 Å². The van der Waals surface area contributed by atoms with Crippen molar-refractivity contribution in [2.24, 2.45) is 5.10 Å². The first-order chi connectivity index (χ1) is 16.9. The molecule has 8 heteroatoms. The first-order valence-electron chi connectivity index (χ1n) is 11.0. The second-order valence-electron chi connectivity index (χ2n) is 8.45. The zero-order chi connectivity index (χ0) is 24.3. The van der Waals surface area contributed by atoms with E-state index in [1.807, 2.05) is 18.2 Å². The maximum Gasteiger partial charge on any atom is 0.344 e. The van der Waals surface area contributed by atoms with E-state index in [-0.39, 0.29) is 5.56 Å². The van der Waals surface area contributed by atoms with Gasteiger partial charge in [0.1, 0.15) is 17.1 Å². The number of nitrogens with zero attached hydrogens (tertiary/aromatic N) is 2. The fraction of sp³-hybridized carbons (Fsp3) is 0.148. The maximum absolute atomic E-state index is 14.1. The Morgan fingerprint density at radius 2 is 1.77 bits per heavy atom. The second-order valence-corrected chi connectivity index (χ2v) is 8.89. The zero-order valence-electron chi connectivity index (χ0n) is 18.8. The van der Waals surface area contributed by atoms with Crippen LogP contribution in [0.2, 0.25) is 5.02 Å². The van der Waals surface area contributed by atoms with Gasteiger partial charge in [0.05, 0.1) is 35.4 Å². The summed E-state index contributed by atoms with van der Waals surface area (Å²) in [6.07, 6.45) is 0. The number of rotatable bonds is 3. The molecule has 2 atom stereocenters. The van der Waals surface area contributed by atoms with Crippen molar-refractivity contribution in [3.05, 3.63) is 99.4 Å². The second kappa shape index (κ2) is 7.71. The van der Waals surface area contributed by atoms with Crippen molar-refractivity contribution in [1.82, 2.24) is 0 Å². The topological polar surface area (TPSA) is 81.3 Å². The molecule has 0 bridgehead atoms. The first-order valence-corrected chi connectivity index (χ1v) is 11.4. The van der Waals surface area contributed by atoms with E-state index in [1.54, 1.807) is 61.5 Å². The minimum atomic E-state index is -1.56. The van der Waals surface area contributed by atoms with Crippen LogP contribution in [0.25, 0.3) is 11.0 Å². The summed E-state index contributed by atoms with van der Waals surface area (Å²) in [4.78, 5) is 27.5. The highest BCUT2D eigenvalue weighted by atomic mass is 35.5. The average Bonchev–Trinajstić information content (AvgIpc) is 3.36. The number of hydrogen-bond donors (Lipinski definition) is 0. The minimum absolute atomic E-state index is 0.266. The van der Waals surface area contributed by atoms with Gasteiger partial charge in [0, 0.05) is 11.1 Å². The molecule has 0 unspecified atom stereocenters. The van der Waals surface area contributed by atoms with Crippen LogP contribution in [0.5, 0.6) is 11.5 Å². The molecule has 3 aromatic carbocycles. The van der Waals surface area contributed by atoms with E-state index in [2.05, 4.69) is 5.10 Å². The van der Waals surface area contributed by atoms with E-state index >= 15 is 0 Å². The summed E-state index contributed by atoms with van der Waals surface area (Å²) in [5.74, 6) is -0.343. The van der Waals surface area contributed by atoms with Crippen molar-refractivity contribution >= 4 is 39.9 Å².